The molecule has 0 radical (unpaired) electrons. The van der Waals surface area contributed by atoms with Crippen molar-refractivity contribution in [1.82, 2.24) is 0 Å². The smallest absolute Gasteiger partial charge is 0.371 e. The summed E-state index contributed by atoms with van der Waals surface area (Å²) in [4.78, 5) is 10.7. The third kappa shape index (κ3) is 3.33. The van der Waals surface area contributed by atoms with Crippen LogP contribution in [0.2, 0.25) is 0 Å². The number of carboxylic acid groups (broad SMARTS) is 1. The van der Waals surface area contributed by atoms with E-state index in [1.807, 2.05) is 36.4 Å². The fourth-order valence-corrected chi connectivity index (χ4v) is 1.68. The van der Waals surface area contributed by atoms with Crippen molar-refractivity contribution < 1.29 is 14.3 Å². The van der Waals surface area contributed by atoms with Crippen LogP contribution in [-0.2, 0) is 0 Å². The van der Waals surface area contributed by atoms with Crippen LogP contribution in [0.25, 0.3) is 17.4 Å². The summed E-state index contributed by atoms with van der Waals surface area (Å²) in [5.74, 6) is -0.565. The van der Waals surface area contributed by atoms with Crippen LogP contribution in [0, 0.1) is 0 Å². The van der Waals surface area contributed by atoms with Crippen molar-refractivity contribution >= 4 is 12.0 Å². The third-order valence-corrected chi connectivity index (χ3v) is 2.66. The molecule has 2 aromatic rings. The Hall–Kier alpha value is -2.33. The van der Waals surface area contributed by atoms with Gasteiger partial charge in [-0.05, 0) is 30.7 Å². The topological polar surface area (TPSA) is 76.5 Å². The van der Waals surface area contributed by atoms with Crippen molar-refractivity contribution in [2.45, 2.75) is 6.42 Å². The molecule has 2 rings (SSSR count). The van der Waals surface area contributed by atoms with Crippen LogP contribution in [0.3, 0.4) is 0 Å². The second kappa shape index (κ2) is 6.02. The summed E-state index contributed by atoms with van der Waals surface area (Å²) >= 11 is 0. The zero-order valence-corrected chi connectivity index (χ0v) is 10.4. The summed E-state index contributed by atoms with van der Waals surface area (Å²) in [6.45, 7) is 0.638. The van der Waals surface area contributed by atoms with Gasteiger partial charge >= 0.3 is 5.97 Å². The number of carboxylic acids is 1. The quantitative estimate of drug-likeness (QED) is 0.863. The first-order valence-corrected chi connectivity index (χ1v) is 6.01. The van der Waals surface area contributed by atoms with E-state index >= 15 is 0 Å². The SMILES string of the molecule is NCCC=Cc1ccc(-c2ccc(C(=O)O)o2)cc1. The molecule has 4 heteroatoms. The summed E-state index contributed by atoms with van der Waals surface area (Å²) in [7, 11) is 0. The predicted octanol–water partition coefficient (Wildman–Crippen LogP) is 3.01. The van der Waals surface area contributed by atoms with Gasteiger partial charge in [-0.25, -0.2) is 4.79 Å². The number of carbonyl (C=O) groups is 1. The highest BCUT2D eigenvalue weighted by atomic mass is 16.4. The van der Waals surface area contributed by atoms with E-state index < -0.39 is 5.97 Å². The first-order valence-electron chi connectivity index (χ1n) is 6.01. The fraction of sp³-hybridized carbons (Fsp3) is 0.133. The molecule has 0 saturated carbocycles. The summed E-state index contributed by atoms with van der Waals surface area (Å²) in [6.07, 6.45) is 4.87. The largest absolute Gasteiger partial charge is 0.475 e. The Labute approximate surface area is 111 Å². The van der Waals surface area contributed by atoms with Crippen LogP contribution in [0.1, 0.15) is 22.5 Å². The molecule has 0 amide bonds. The van der Waals surface area contributed by atoms with Crippen molar-refractivity contribution in [3.63, 3.8) is 0 Å². The zero-order valence-electron chi connectivity index (χ0n) is 10.4. The first-order chi connectivity index (χ1) is 9.20. The van der Waals surface area contributed by atoms with Crippen LogP contribution in [0.15, 0.2) is 46.9 Å². The van der Waals surface area contributed by atoms with E-state index in [1.54, 1.807) is 6.07 Å². The average Bonchev–Trinajstić information content (AvgIpc) is 2.90. The molecular formula is C15H15NO3. The molecular weight excluding hydrogens is 242 g/mol. The number of hydrogen-bond acceptors (Lipinski definition) is 3. The molecule has 0 fully saturated rings. The van der Waals surface area contributed by atoms with Gasteiger partial charge in [0.1, 0.15) is 5.76 Å². The van der Waals surface area contributed by atoms with E-state index in [9.17, 15) is 4.79 Å². The molecule has 0 atom stereocenters. The van der Waals surface area contributed by atoms with E-state index in [-0.39, 0.29) is 5.76 Å². The highest BCUT2D eigenvalue weighted by Crippen LogP contribution is 2.22. The molecule has 0 saturated heterocycles. The number of aromatic carboxylic acids is 1. The number of benzene rings is 1. The van der Waals surface area contributed by atoms with E-state index in [1.165, 1.54) is 6.07 Å². The third-order valence-electron chi connectivity index (χ3n) is 2.66. The lowest BCUT2D eigenvalue weighted by atomic mass is 10.1. The molecule has 0 bridgehead atoms. The van der Waals surface area contributed by atoms with Crippen LogP contribution in [-0.4, -0.2) is 17.6 Å². The highest BCUT2D eigenvalue weighted by Gasteiger charge is 2.09. The Bertz CT molecular complexity index is 582. The summed E-state index contributed by atoms with van der Waals surface area (Å²) in [5.41, 5.74) is 7.33. The Morgan fingerprint density at radius 3 is 2.53 bits per heavy atom. The van der Waals surface area contributed by atoms with Gasteiger partial charge in [0.15, 0.2) is 0 Å². The summed E-state index contributed by atoms with van der Waals surface area (Å²) < 4.78 is 5.24. The Balaban J connectivity index is 2.15. The molecule has 1 heterocycles. The minimum absolute atomic E-state index is 0.0538. The van der Waals surface area contributed by atoms with Gasteiger partial charge in [-0.3, -0.25) is 0 Å². The minimum atomic E-state index is -1.06. The van der Waals surface area contributed by atoms with Crippen molar-refractivity contribution in [3.05, 3.63) is 53.8 Å². The Kier molecular flexibility index (Phi) is 4.15. The maximum atomic E-state index is 10.7. The molecule has 1 aromatic heterocycles. The van der Waals surface area contributed by atoms with E-state index in [4.69, 9.17) is 15.3 Å². The van der Waals surface area contributed by atoms with E-state index in [0.717, 1.165) is 17.5 Å². The lowest BCUT2D eigenvalue weighted by molar-refractivity contribution is 0.0663. The van der Waals surface area contributed by atoms with Gasteiger partial charge in [-0.1, -0.05) is 36.4 Å². The maximum absolute atomic E-state index is 10.7. The molecule has 19 heavy (non-hydrogen) atoms. The van der Waals surface area contributed by atoms with Gasteiger partial charge in [0.05, 0.1) is 0 Å². The molecule has 0 aliphatic rings. The van der Waals surface area contributed by atoms with Crippen LogP contribution < -0.4 is 5.73 Å². The van der Waals surface area contributed by atoms with Gasteiger partial charge in [-0.15, -0.1) is 0 Å². The Morgan fingerprint density at radius 1 is 1.21 bits per heavy atom. The number of hydrogen-bond donors (Lipinski definition) is 2. The number of furan rings is 1. The summed E-state index contributed by atoms with van der Waals surface area (Å²) in [5, 5.41) is 8.80. The number of nitrogens with two attached hydrogens (primary N) is 1. The molecule has 1 aromatic carbocycles. The van der Waals surface area contributed by atoms with Gasteiger partial charge in [0.25, 0.3) is 0 Å². The molecule has 0 spiro atoms. The second-order valence-electron chi connectivity index (χ2n) is 4.07. The van der Waals surface area contributed by atoms with Gasteiger partial charge in [-0.2, -0.15) is 0 Å². The van der Waals surface area contributed by atoms with Crippen LogP contribution >= 0.6 is 0 Å². The fourth-order valence-electron chi connectivity index (χ4n) is 1.68. The van der Waals surface area contributed by atoms with Crippen molar-refractivity contribution in [1.29, 1.82) is 0 Å². The van der Waals surface area contributed by atoms with Crippen LogP contribution in [0.5, 0.6) is 0 Å². The molecule has 98 valence electrons. The first kappa shape index (κ1) is 13.1. The van der Waals surface area contributed by atoms with Crippen molar-refractivity contribution in [2.75, 3.05) is 6.54 Å². The van der Waals surface area contributed by atoms with E-state index in [0.29, 0.717) is 12.3 Å². The van der Waals surface area contributed by atoms with Gasteiger partial charge in [0, 0.05) is 5.56 Å². The molecule has 4 nitrogen and oxygen atoms in total. The number of rotatable bonds is 5. The van der Waals surface area contributed by atoms with Crippen LogP contribution in [0.4, 0.5) is 0 Å². The lowest BCUT2D eigenvalue weighted by Gasteiger charge is -1.98. The zero-order chi connectivity index (χ0) is 13.7. The summed E-state index contributed by atoms with van der Waals surface area (Å²) in [6, 6.07) is 10.8. The van der Waals surface area contributed by atoms with E-state index in [2.05, 4.69) is 0 Å². The monoisotopic (exact) mass is 257 g/mol. The molecule has 3 N–H and O–H groups in total. The average molecular weight is 257 g/mol. The minimum Gasteiger partial charge on any atom is -0.475 e. The van der Waals surface area contributed by atoms with Gasteiger partial charge < -0.3 is 15.3 Å². The normalized spacial score (nSPS) is 11.0. The predicted molar refractivity (Wildman–Crippen MR) is 73.8 cm³/mol. The lowest BCUT2D eigenvalue weighted by Crippen LogP contribution is -1.94. The highest BCUT2D eigenvalue weighted by molar-refractivity contribution is 5.85. The maximum Gasteiger partial charge on any atom is 0.371 e. The standard InChI is InChI=1S/C15H15NO3/c16-10-2-1-3-11-4-6-12(7-5-11)13-8-9-14(19-13)15(17)18/h1,3-9H,2,10,16H2,(H,17,18). The Morgan fingerprint density at radius 2 is 1.95 bits per heavy atom. The van der Waals surface area contributed by atoms with Crippen molar-refractivity contribution in [3.8, 4) is 11.3 Å². The second-order valence-corrected chi connectivity index (χ2v) is 4.07. The van der Waals surface area contributed by atoms with Crippen molar-refractivity contribution in [2.24, 2.45) is 5.73 Å². The molecule has 0 aliphatic carbocycles. The van der Waals surface area contributed by atoms with Gasteiger partial charge in [0.2, 0.25) is 5.76 Å². The molecule has 0 aliphatic heterocycles. The molecule has 0 unspecified atom stereocenters.